The van der Waals surface area contributed by atoms with E-state index in [1.165, 1.54) is 28.6 Å². The third kappa shape index (κ3) is 6.79. The van der Waals surface area contributed by atoms with Gasteiger partial charge in [0, 0.05) is 13.1 Å². The number of piperidine rings is 1. The summed E-state index contributed by atoms with van der Waals surface area (Å²) >= 11 is 0. The van der Waals surface area contributed by atoms with Gasteiger partial charge in [-0.25, -0.2) is 8.42 Å². The molecule has 1 saturated heterocycles. The molecule has 1 heterocycles. The molecule has 0 radical (unpaired) electrons. The first kappa shape index (κ1) is 22.2. The maximum Gasteiger partial charge on any atom is 0.405 e. The van der Waals surface area contributed by atoms with E-state index in [2.05, 4.69) is 5.32 Å². The minimum atomic E-state index is -4.52. The molecule has 1 aliphatic heterocycles. The van der Waals surface area contributed by atoms with Crippen molar-refractivity contribution >= 4 is 21.8 Å². The predicted molar refractivity (Wildman–Crippen MR) is 94.8 cm³/mol. The van der Waals surface area contributed by atoms with Crippen LogP contribution >= 0.6 is 0 Å². The number of carbonyl (C=O) groups excluding carboxylic acids is 2. The number of nitrogens with zero attached hydrogens (tertiary/aromatic N) is 1. The summed E-state index contributed by atoms with van der Waals surface area (Å²) in [6, 6.07) is 5.84. The van der Waals surface area contributed by atoms with Crippen LogP contribution in [0.5, 0.6) is 0 Å². The molecular weight excluding hydrogens is 399 g/mol. The number of halogens is 3. The van der Waals surface area contributed by atoms with Crippen molar-refractivity contribution in [2.45, 2.75) is 36.8 Å². The largest absolute Gasteiger partial charge is 0.405 e. The van der Waals surface area contributed by atoms with E-state index in [9.17, 15) is 31.2 Å². The van der Waals surface area contributed by atoms with E-state index in [1.54, 1.807) is 5.32 Å². The molecule has 1 aliphatic rings. The van der Waals surface area contributed by atoms with Crippen LogP contribution in [0.3, 0.4) is 0 Å². The smallest absolute Gasteiger partial charge is 0.347 e. The van der Waals surface area contributed by atoms with Crippen LogP contribution in [0.25, 0.3) is 0 Å². The highest BCUT2D eigenvalue weighted by atomic mass is 32.2. The summed E-state index contributed by atoms with van der Waals surface area (Å²) in [4.78, 5) is 23.2. The van der Waals surface area contributed by atoms with Crippen LogP contribution in [0.1, 0.15) is 24.8 Å². The molecular formula is C17H22F3N3O4S. The molecule has 1 aromatic rings. The molecule has 11 heteroatoms. The number of hydrogen-bond acceptors (Lipinski definition) is 4. The Labute approximate surface area is 161 Å². The molecule has 156 valence electrons. The molecule has 2 N–H and O–H groups in total. The van der Waals surface area contributed by atoms with Gasteiger partial charge >= 0.3 is 6.18 Å². The van der Waals surface area contributed by atoms with Crippen molar-refractivity contribution in [3.63, 3.8) is 0 Å². The van der Waals surface area contributed by atoms with Gasteiger partial charge in [0.15, 0.2) is 0 Å². The van der Waals surface area contributed by atoms with Crippen molar-refractivity contribution in [3.8, 4) is 0 Å². The minimum Gasteiger partial charge on any atom is -0.347 e. The van der Waals surface area contributed by atoms with E-state index in [1.807, 2.05) is 0 Å². The van der Waals surface area contributed by atoms with Gasteiger partial charge in [0.1, 0.15) is 6.54 Å². The second kappa shape index (κ2) is 9.37. The van der Waals surface area contributed by atoms with Crippen molar-refractivity contribution in [2.75, 3.05) is 26.2 Å². The monoisotopic (exact) mass is 421 g/mol. The van der Waals surface area contributed by atoms with Crippen LogP contribution in [0.4, 0.5) is 13.2 Å². The summed E-state index contributed by atoms with van der Waals surface area (Å²) in [5.74, 6) is -1.51. The first-order valence-corrected chi connectivity index (χ1v) is 10.2. The average Bonchev–Trinajstić information content (AvgIpc) is 2.65. The minimum absolute atomic E-state index is 0.128. The summed E-state index contributed by atoms with van der Waals surface area (Å²) in [5.41, 5.74) is 0.519. The highest BCUT2D eigenvalue weighted by Crippen LogP contribution is 2.21. The van der Waals surface area contributed by atoms with Crippen molar-refractivity contribution in [1.29, 1.82) is 0 Å². The van der Waals surface area contributed by atoms with Gasteiger partial charge in [-0.2, -0.15) is 17.5 Å². The molecule has 0 aliphatic carbocycles. The predicted octanol–water partition coefficient (Wildman–Crippen LogP) is 1.20. The number of hydrogen-bond donors (Lipinski definition) is 2. The van der Waals surface area contributed by atoms with Gasteiger partial charge in [-0.3, -0.25) is 9.59 Å². The molecule has 7 nitrogen and oxygen atoms in total. The Bertz CT molecular complexity index is 789. The zero-order valence-corrected chi connectivity index (χ0v) is 15.9. The van der Waals surface area contributed by atoms with E-state index < -0.39 is 41.1 Å². The Morgan fingerprint density at radius 2 is 1.57 bits per heavy atom. The Balaban J connectivity index is 1.84. The Hall–Kier alpha value is -2.14. The fourth-order valence-electron chi connectivity index (χ4n) is 2.72. The van der Waals surface area contributed by atoms with Crippen LogP contribution in [-0.2, 0) is 26.0 Å². The first-order chi connectivity index (χ1) is 13.1. The maximum atomic E-state index is 12.6. The lowest BCUT2D eigenvalue weighted by atomic mass is 10.1. The summed E-state index contributed by atoms with van der Waals surface area (Å²) in [6.45, 7) is -1.06. The lowest BCUT2D eigenvalue weighted by molar-refractivity contribution is -0.138. The van der Waals surface area contributed by atoms with Crippen LogP contribution < -0.4 is 10.6 Å². The van der Waals surface area contributed by atoms with Gasteiger partial charge in [-0.05, 0) is 30.5 Å². The number of amides is 2. The summed E-state index contributed by atoms with van der Waals surface area (Å²) in [5, 5.41) is 3.87. The lowest BCUT2D eigenvalue weighted by Gasteiger charge is -2.25. The SMILES string of the molecule is O=C(CNC(=O)Cc1ccc(S(=O)(=O)N2CCCCC2)cc1)NCC(F)(F)F. The van der Waals surface area contributed by atoms with E-state index in [0.717, 1.165) is 19.3 Å². The highest BCUT2D eigenvalue weighted by Gasteiger charge is 2.28. The number of benzene rings is 1. The van der Waals surface area contributed by atoms with Crippen molar-refractivity contribution in [1.82, 2.24) is 14.9 Å². The normalized spacial score (nSPS) is 15.8. The molecule has 1 fully saturated rings. The Morgan fingerprint density at radius 3 is 2.14 bits per heavy atom. The fraction of sp³-hybridized carbons (Fsp3) is 0.529. The van der Waals surface area contributed by atoms with Gasteiger partial charge in [-0.15, -0.1) is 0 Å². The van der Waals surface area contributed by atoms with Crippen LogP contribution in [0.2, 0.25) is 0 Å². The zero-order valence-electron chi connectivity index (χ0n) is 15.1. The van der Waals surface area contributed by atoms with E-state index in [0.29, 0.717) is 18.7 Å². The topological polar surface area (TPSA) is 95.6 Å². The third-order valence-electron chi connectivity index (χ3n) is 4.17. The van der Waals surface area contributed by atoms with E-state index in [-0.39, 0.29) is 11.3 Å². The quantitative estimate of drug-likeness (QED) is 0.692. The van der Waals surface area contributed by atoms with Crippen LogP contribution in [0.15, 0.2) is 29.2 Å². The van der Waals surface area contributed by atoms with Gasteiger partial charge in [0.25, 0.3) is 0 Å². The molecule has 2 rings (SSSR count). The second-order valence-electron chi connectivity index (χ2n) is 6.45. The average molecular weight is 421 g/mol. The van der Waals surface area contributed by atoms with E-state index >= 15 is 0 Å². The summed E-state index contributed by atoms with van der Waals surface area (Å²) < 4.78 is 62.5. The van der Waals surface area contributed by atoms with Gasteiger partial charge < -0.3 is 10.6 Å². The fourth-order valence-corrected chi connectivity index (χ4v) is 4.24. The van der Waals surface area contributed by atoms with Crippen LogP contribution in [-0.4, -0.2) is 56.9 Å². The number of sulfonamides is 1. The van der Waals surface area contributed by atoms with Gasteiger partial charge in [0.2, 0.25) is 21.8 Å². The molecule has 0 unspecified atom stereocenters. The number of carbonyl (C=O) groups is 2. The summed E-state index contributed by atoms with van der Waals surface area (Å²) in [7, 11) is -3.56. The van der Waals surface area contributed by atoms with Crippen molar-refractivity contribution in [2.24, 2.45) is 0 Å². The van der Waals surface area contributed by atoms with E-state index in [4.69, 9.17) is 0 Å². The molecule has 0 saturated carbocycles. The first-order valence-electron chi connectivity index (χ1n) is 8.77. The Morgan fingerprint density at radius 1 is 0.964 bits per heavy atom. The second-order valence-corrected chi connectivity index (χ2v) is 8.39. The number of nitrogens with one attached hydrogen (secondary N) is 2. The van der Waals surface area contributed by atoms with Crippen molar-refractivity contribution in [3.05, 3.63) is 29.8 Å². The molecule has 2 amide bonds. The molecule has 0 aromatic heterocycles. The number of alkyl halides is 3. The summed E-state index contributed by atoms with van der Waals surface area (Å²) in [6.07, 6.45) is -1.98. The Kier molecular flexibility index (Phi) is 7.41. The maximum absolute atomic E-state index is 12.6. The molecule has 0 spiro atoms. The van der Waals surface area contributed by atoms with Gasteiger partial charge in [-0.1, -0.05) is 18.6 Å². The van der Waals surface area contributed by atoms with Crippen LogP contribution in [0, 0.1) is 0 Å². The number of rotatable bonds is 7. The zero-order chi connectivity index (χ0) is 20.8. The standard InChI is InChI=1S/C17H22F3N3O4S/c18-17(19,20)12-22-16(25)11-21-15(24)10-13-4-6-14(7-5-13)28(26,27)23-8-2-1-3-9-23/h4-7H,1-3,8-12H2,(H,21,24)(H,22,25). The highest BCUT2D eigenvalue weighted by molar-refractivity contribution is 7.89. The molecule has 28 heavy (non-hydrogen) atoms. The van der Waals surface area contributed by atoms with Crippen molar-refractivity contribution < 1.29 is 31.2 Å². The molecule has 0 atom stereocenters. The third-order valence-corrected chi connectivity index (χ3v) is 6.09. The molecule has 1 aromatic carbocycles. The van der Waals surface area contributed by atoms with Gasteiger partial charge in [0.05, 0.1) is 17.9 Å². The molecule has 0 bridgehead atoms. The lowest BCUT2D eigenvalue weighted by Crippen LogP contribution is -2.41.